The van der Waals surface area contributed by atoms with Crippen LogP contribution in [0.1, 0.15) is 6.92 Å². The minimum atomic E-state index is -0.633. The van der Waals surface area contributed by atoms with Crippen molar-refractivity contribution in [1.29, 1.82) is 0 Å². The maximum Gasteiger partial charge on any atom is 0.329 e. The van der Waals surface area contributed by atoms with Crippen molar-refractivity contribution in [3.05, 3.63) is 20.8 Å². The van der Waals surface area contributed by atoms with Crippen molar-refractivity contribution in [3.63, 3.8) is 0 Å². The fraction of sp³-hybridized carbons (Fsp3) is 0.500. The lowest BCUT2D eigenvalue weighted by Crippen LogP contribution is -2.29. The summed E-state index contributed by atoms with van der Waals surface area (Å²) in [6.45, 7) is 1.83. The fourth-order valence-corrected chi connectivity index (χ4v) is 1.87. The van der Waals surface area contributed by atoms with Crippen LogP contribution in [0.15, 0.2) is 9.59 Å². The summed E-state index contributed by atoms with van der Waals surface area (Å²) in [4.78, 5) is 29.7. The first kappa shape index (κ1) is 12.4. The number of nitrogens with one attached hydrogen (secondary N) is 2. The van der Waals surface area contributed by atoms with Gasteiger partial charge in [0.15, 0.2) is 11.2 Å². The highest BCUT2D eigenvalue weighted by atomic mass is 16.3. The number of hydrogen-bond donors (Lipinski definition) is 3. The highest BCUT2D eigenvalue weighted by Crippen LogP contribution is 2.15. The zero-order valence-corrected chi connectivity index (χ0v) is 10.4. The highest BCUT2D eigenvalue weighted by molar-refractivity contribution is 5.74. The van der Waals surface area contributed by atoms with E-state index in [2.05, 4.69) is 15.3 Å². The first-order chi connectivity index (χ1) is 8.45. The van der Waals surface area contributed by atoms with Crippen LogP contribution in [-0.2, 0) is 13.6 Å². The lowest BCUT2D eigenvalue weighted by Gasteiger charge is -2.09. The lowest BCUT2D eigenvalue weighted by molar-refractivity contribution is 0.175. The quantitative estimate of drug-likeness (QED) is 0.640. The van der Waals surface area contributed by atoms with E-state index < -0.39 is 17.4 Å². The molecule has 2 rings (SSSR count). The van der Waals surface area contributed by atoms with Gasteiger partial charge < -0.3 is 15.0 Å². The van der Waals surface area contributed by atoms with Crippen LogP contribution in [0.3, 0.4) is 0 Å². The molecule has 0 spiro atoms. The monoisotopic (exact) mass is 253 g/mol. The van der Waals surface area contributed by atoms with E-state index in [-0.39, 0.29) is 17.7 Å². The van der Waals surface area contributed by atoms with Gasteiger partial charge in [-0.25, -0.2) is 4.79 Å². The number of anilines is 1. The summed E-state index contributed by atoms with van der Waals surface area (Å²) in [5.74, 6) is 0.428. The highest BCUT2D eigenvalue weighted by Gasteiger charge is 2.17. The van der Waals surface area contributed by atoms with Gasteiger partial charge in [0.1, 0.15) is 0 Å². The van der Waals surface area contributed by atoms with Crippen molar-refractivity contribution < 1.29 is 5.11 Å². The molecule has 0 radical (unpaired) electrons. The molecular formula is C10H15N5O3. The summed E-state index contributed by atoms with van der Waals surface area (Å²) >= 11 is 0. The van der Waals surface area contributed by atoms with Gasteiger partial charge in [0.05, 0.1) is 12.6 Å². The molecule has 18 heavy (non-hydrogen) atoms. The topological polar surface area (TPSA) is 105 Å². The molecule has 0 aliphatic carbocycles. The summed E-state index contributed by atoms with van der Waals surface area (Å²) in [6, 6.07) is 0. The van der Waals surface area contributed by atoms with Gasteiger partial charge >= 0.3 is 5.69 Å². The van der Waals surface area contributed by atoms with E-state index in [0.29, 0.717) is 5.95 Å². The van der Waals surface area contributed by atoms with Gasteiger partial charge in [-0.1, -0.05) is 0 Å². The molecule has 8 nitrogen and oxygen atoms in total. The molecule has 0 fully saturated rings. The molecule has 8 heteroatoms. The third-order valence-electron chi connectivity index (χ3n) is 2.68. The summed E-state index contributed by atoms with van der Waals surface area (Å²) < 4.78 is 2.81. The number of H-pyrrole nitrogens is 1. The Kier molecular flexibility index (Phi) is 2.95. The smallest absolute Gasteiger partial charge is 0.329 e. The van der Waals surface area contributed by atoms with Crippen molar-refractivity contribution in [2.75, 3.05) is 12.4 Å². The van der Waals surface area contributed by atoms with Gasteiger partial charge in [0.25, 0.3) is 5.56 Å². The standard InChI is InChI=1S/C10H15N5O3/c1-5(16)4-15-6-7(12-9(15)11-2)14(3)10(18)13-8(6)17/h5,16H,4H2,1-3H3,(H,11,12)(H,13,17,18). The zero-order valence-electron chi connectivity index (χ0n) is 10.4. The average Bonchev–Trinajstić information content (AvgIpc) is 2.64. The van der Waals surface area contributed by atoms with Crippen LogP contribution in [0.5, 0.6) is 0 Å². The van der Waals surface area contributed by atoms with Crippen LogP contribution >= 0.6 is 0 Å². The molecule has 0 saturated heterocycles. The van der Waals surface area contributed by atoms with E-state index in [1.165, 1.54) is 11.6 Å². The van der Waals surface area contributed by atoms with Crippen LogP contribution in [-0.4, -0.2) is 37.4 Å². The van der Waals surface area contributed by atoms with Gasteiger partial charge in [-0.2, -0.15) is 4.98 Å². The molecule has 2 aromatic heterocycles. The summed E-state index contributed by atoms with van der Waals surface area (Å²) in [5.41, 5.74) is -0.476. The average molecular weight is 253 g/mol. The number of fused-ring (bicyclic) bond motifs is 1. The number of rotatable bonds is 3. The van der Waals surface area contributed by atoms with Crippen LogP contribution in [0.2, 0.25) is 0 Å². The van der Waals surface area contributed by atoms with E-state index in [1.54, 1.807) is 18.5 Å². The number of aromatic amines is 1. The molecule has 2 aromatic rings. The Balaban J connectivity index is 2.87. The summed E-state index contributed by atoms with van der Waals surface area (Å²) in [6.07, 6.45) is -0.633. The molecule has 0 aliphatic rings. The number of nitrogens with zero attached hydrogens (tertiary/aromatic N) is 3. The number of hydrogen-bond acceptors (Lipinski definition) is 5. The minimum Gasteiger partial charge on any atom is -0.392 e. The van der Waals surface area contributed by atoms with Crippen molar-refractivity contribution >= 4 is 17.1 Å². The zero-order chi connectivity index (χ0) is 13.4. The SMILES string of the molecule is CNc1nc2c(c(=O)[nH]c(=O)n2C)n1CC(C)O. The van der Waals surface area contributed by atoms with Crippen LogP contribution in [0.25, 0.3) is 11.2 Å². The lowest BCUT2D eigenvalue weighted by atomic mass is 10.4. The molecular weight excluding hydrogens is 238 g/mol. The maximum atomic E-state index is 11.8. The Bertz CT molecular complexity index is 694. The fourth-order valence-electron chi connectivity index (χ4n) is 1.87. The largest absolute Gasteiger partial charge is 0.392 e. The minimum absolute atomic E-state index is 0.216. The van der Waals surface area contributed by atoms with Gasteiger partial charge in [0, 0.05) is 14.1 Å². The number of aromatic nitrogens is 4. The third kappa shape index (κ3) is 1.80. The second kappa shape index (κ2) is 4.30. The van der Waals surface area contributed by atoms with E-state index in [1.807, 2.05) is 0 Å². The Morgan fingerprint density at radius 1 is 1.50 bits per heavy atom. The number of aliphatic hydroxyl groups excluding tert-OH is 1. The maximum absolute atomic E-state index is 11.8. The van der Waals surface area contributed by atoms with Crippen LogP contribution in [0.4, 0.5) is 5.95 Å². The predicted octanol–water partition coefficient (Wildman–Crippen LogP) is -1.15. The van der Waals surface area contributed by atoms with E-state index in [4.69, 9.17) is 0 Å². The van der Waals surface area contributed by atoms with Gasteiger partial charge in [-0.05, 0) is 6.92 Å². The summed E-state index contributed by atoms with van der Waals surface area (Å²) in [7, 11) is 3.19. The molecule has 2 heterocycles. The Hall–Kier alpha value is -2.09. The van der Waals surface area contributed by atoms with Crippen LogP contribution < -0.4 is 16.6 Å². The van der Waals surface area contributed by atoms with Crippen LogP contribution in [0, 0.1) is 0 Å². The van der Waals surface area contributed by atoms with Crippen molar-refractivity contribution in [2.45, 2.75) is 19.6 Å². The second-order valence-electron chi connectivity index (χ2n) is 4.14. The molecule has 0 saturated carbocycles. The van der Waals surface area contributed by atoms with Gasteiger partial charge in [-0.15, -0.1) is 0 Å². The Labute approximate surface area is 102 Å². The molecule has 1 atom stereocenters. The molecule has 0 amide bonds. The van der Waals surface area contributed by atoms with E-state index in [9.17, 15) is 14.7 Å². The third-order valence-corrected chi connectivity index (χ3v) is 2.68. The van der Waals surface area contributed by atoms with Crippen molar-refractivity contribution in [1.82, 2.24) is 19.1 Å². The molecule has 0 aliphatic heterocycles. The molecule has 0 aromatic carbocycles. The van der Waals surface area contributed by atoms with E-state index >= 15 is 0 Å². The summed E-state index contributed by atoms with van der Waals surface area (Å²) in [5, 5.41) is 12.3. The van der Waals surface area contributed by atoms with Crippen molar-refractivity contribution in [3.8, 4) is 0 Å². The predicted molar refractivity (Wildman–Crippen MR) is 66.8 cm³/mol. The number of imidazole rings is 1. The number of aliphatic hydroxyl groups is 1. The van der Waals surface area contributed by atoms with Crippen molar-refractivity contribution in [2.24, 2.45) is 7.05 Å². The normalized spacial score (nSPS) is 12.9. The molecule has 3 N–H and O–H groups in total. The van der Waals surface area contributed by atoms with Gasteiger partial charge in [-0.3, -0.25) is 14.3 Å². The van der Waals surface area contributed by atoms with Gasteiger partial charge in [0.2, 0.25) is 5.95 Å². The molecule has 1 unspecified atom stereocenters. The molecule has 98 valence electrons. The first-order valence-electron chi connectivity index (χ1n) is 5.51. The second-order valence-corrected chi connectivity index (χ2v) is 4.14. The Morgan fingerprint density at radius 2 is 2.17 bits per heavy atom. The first-order valence-corrected chi connectivity index (χ1v) is 5.51. The van der Waals surface area contributed by atoms with E-state index in [0.717, 1.165) is 0 Å². The number of aryl methyl sites for hydroxylation is 1. The Morgan fingerprint density at radius 3 is 2.72 bits per heavy atom. The molecule has 0 bridgehead atoms.